The van der Waals surface area contributed by atoms with Gasteiger partial charge < -0.3 is 5.32 Å². The Hall–Kier alpha value is -3.20. The van der Waals surface area contributed by atoms with Crippen LogP contribution in [-0.4, -0.2) is 20.5 Å². The molecule has 0 saturated heterocycles. The quantitative estimate of drug-likeness (QED) is 0.764. The fourth-order valence-corrected chi connectivity index (χ4v) is 1.88. The van der Waals surface area contributed by atoms with E-state index in [4.69, 9.17) is 5.26 Å². The SMILES string of the molecule is N#Cc1ccccc1NC(=O)c1ccnc2ccnn12. The molecule has 0 atom stereocenters. The second-order valence-electron chi connectivity index (χ2n) is 4.04. The number of hydrogen-bond acceptors (Lipinski definition) is 4. The summed E-state index contributed by atoms with van der Waals surface area (Å²) in [4.78, 5) is 16.4. The molecule has 96 valence electrons. The molecule has 3 rings (SSSR count). The number of amides is 1. The fourth-order valence-electron chi connectivity index (χ4n) is 1.88. The van der Waals surface area contributed by atoms with Gasteiger partial charge in [0.15, 0.2) is 5.65 Å². The molecule has 0 saturated carbocycles. The van der Waals surface area contributed by atoms with Gasteiger partial charge in [-0.3, -0.25) is 4.79 Å². The Morgan fingerprint density at radius 1 is 1.20 bits per heavy atom. The van der Waals surface area contributed by atoms with Gasteiger partial charge in [-0.1, -0.05) is 12.1 Å². The Balaban J connectivity index is 1.98. The van der Waals surface area contributed by atoms with Crippen LogP contribution in [0.3, 0.4) is 0 Å². The van der Waals surface area contributed by atoms with Gasteiger partial charge >= 0.3 is 0 Å². The van der Waals surface area contributed by atoms with Gasteiger partial charge in [0.1, 0.15) is 11.8 Å². The van der Waals surface area contributed by atoms with Crippen molar-refractivity contribution in [3.63, 3.8) is 0 Å². The van der Waals surface area contributed by atoms with E-state index < -0.39 is 0 Å². The Labute approximate surface area is 114 Å². The van der Waals surface area contributed by atoms with E-state index in [0.717, 1.165) is 0 Å². The lowest BCUT2D eigenvalue weighted by atomic mass is 10.2. The zero-order valence-electron chi connectivity index (χ0n) is 10.3. The summed E-state index contributed by atoms with van der Waals surface area (Å²) in [6, 6.07) is 12.1. The van der Waals surface area contributed by atoms with Crippen LogP contribution in [0.2, 0.25) is 0 Å². The molecule has 6 heteroatoms. The number of rotatable bonds is 2. The highest BCUT2D eigenvalue weighted by Gasteiger charge is 2.12. The van der Waals surface area contributed by atoms with Crippen molar-refractivity contribution in [2.75, 3.05) is 5.32 Å². The Morgan fingerprint density at radius 2 is 2.05 bits per heavy atom. The van der Waals surface area contributed by atoms with Gasteiger partial charge in [0.25, 0.3) is 5.91 Å². The molecule has 0 aliphatic carbocycles. The molecule has 1 amide bonds. The highest BCUT2D eigenvalue weighted by molar-refractivity contribution is 6.03. The summed E-state index contributed by atoms with van der Waals surface area (Å²) in [5.74, 6) is -0.344. The highest BCUT2D eigenvalue weighted by Crippen LogP contribution is 2.15. The molecule has 6 nitrogen and oxygen atoms in total. The molecule has 0 aliphatic rings. The van der Waals surface area contributed by atoms with Crippen molar-refractivity contribution in [1.82, 2.24) is 14.6 Å². The highest BCUT2D eigenvalue weighted by atomic mass is 16.2. The number of anilines is 1. The summed E-state index contributed by atoms with van der Waals surface area (Å²) in [6.45, 7) is 0. The zero-order valence-corrected chi connectivity index (χ0v) is 10.3. The minimum Gasteiger partial charge on any atom is -0.319 e. The number of nitriles is 1. The number of carbonyl (C=O) groups excluding carboxylic acids is 1. The number of aromatic nitrogens is 3. The van der Waals surface area contributed by atoms with E-state index in [1.807, 2.05) is 6.07 Å². The summed E-state index contributed by atoms with van der Waals surface area (Å²) < 4.78 is 1.45. The molecular weight excluding hydrogens is 254 g/mol. The van der Waals surface area contributed by atoms with Crippen molar-refractivity contribution in [2.45, 2.75) is 0 Å². The normalized spacial score (nSPS) is 10.2. The van der Waals surface area contributed by atoms with E-state index in [9.17, 15) is 4.79 Å². The monoisotopic (exact) mass is 263 g/mol. The Kier molecular flexibility index (Phi) is 2.86. The summed E-state index contributed by atoms with van der Waals surface area (Å²) in [7, 11) is 0. The largest absolute Gasteiger partial charge is 0.319 e. The first-order valence-electron chi connectivity index (χ1n) is 5.89. The number of hydrogen-bond donors (Lipinski definition) is 1. The van der Waals surface area contributed by atoms with Gasteiger partial charge in [-0.2, -0.15) is 10.4 Å². The molecule has 0 aliphatic heterocycles. The minimum atomic E-state index is -0.344. The van der Waals surface area contributed by atoms with E-state index in [1.165, 1.54) is 4.52 Å². The lowest BCUT2D eigenvalue weighted by Gasteiger charge is -2.07. The van der Waals surface area contributed by atoms with Crippen molar-refractivity contribution in [2.24, 2.45) is 0 Å². The van der Waals surface area contributed by atoms with Crippen LogP contribution in [0.4, 0.5) is 5.69 Å². The molecule has 0 radical (unpaired) electrons. The third-order valence-corrected chi connectivity index (χ3v) is 2.82. The molecule has 1 N–H and O–H groups in total. The van der Waals surface area contributed by atoms with E-state index in [2.05, 4.69) is 15.4 Å². The van der Waals surface area contributed by atoms with Gasteiger partial charge in [0, 0.05) is 12.3 Å². The molecule has 0 bridgehead atoms. The first kappa shape index (κ1) is 11.9. The predicted molar refractivity (Wildman–Crippen MR) is 72.1 cm³/mol. The average molecular weight is 263 g/mol. The Bertz CT molecular complexity index is 831. The van der Waals surface area contributed by atoms with E-state index in [0.29, 0.717) is 22.6 Å². The van der Waals surface area contributed by atoms with Crippen LogP contribution in [0.1, 0.15) is 16.1 Å². The van der Waals surface area contributed by atoms with Crippen LogP contribution in [0.15, 0.2) is 48.8 Å². The second kappa shape index (κ2) is 4.82. The van der Waals surface area contributed by atoms with Gasteiger partial charge in [-0.25, -0.2) is 9.50 Å². The number of nitrogens with zero attached hydrogens (tertiary/aromatic N) is 4. The van der Waals surface area contributed by atoms with Crippen LogP contribution in [0, 0.1) is 11.3 Å². The van der Waals surface area contributed by atoms with Crippen LogP contribution in [-0.2, 0) is 0 Å². The lowest BCUT2D eigenvalue weighted by Crippen LogP contribution is -2.17. The van der Waals surface area contributed by atoms with Crippen molar-refractivity contribution < 1.29 is 4.79 Å². The molecule has 1 aromatic carbocycles. The molecular formula is C14H9N5O. The number of benzene rings is 1. The predicted octanol–water partition coefficient (Wildman–Crippen LogP) is 1.85. The summed E-state index contributed by atoms with van der Waals surface area (Å²) in [5.41, 5.74) is 1.82. The maximum Gasteiger partial charge on any atom is 0.274 e. The van der Waals surface area contributed by atoms with Crippen molar-refractivity contribution >= 4 is 17.2 Å². The molecule has 0 spiro atoms. The lowest BCUT2D eigenvalue weighted by molar-refractivity contribution is 0.102. The number of nitrogens with one attached hydrogen (secondary N) is 1. The smallest absolute Gasteiger partial charge is 0.274 e. The zero-order chi connectivity index (χ0) is 13.9. The maximum atomic E-state index is 12.3. The number of fused-ring (bicyclic) bond motifs is 1. The van der Waals surface area contributed by atoms with Gasteiger partial charge in [0.2, 0.25) is 0 Å². The molecule has 2 heterocycles. The van der Waals surface area contributed by atoms with E-state index in [1.54, 1.807) is 48.8 Å². The third kappa shape index (κ3) is 1.97. The van der Waals surface area contributed by atoms with Gasteiger partial charge in [-0.05, 0) is 18.2 Å². The van der Waals surface area contributed by atoms with Gasteiger partial charge in [0.05, 0.1) is 17.4 Å². The van der Waals surface area contributed by atoms with Crippen molar-refractivity contribution in [1.29, 1.82) is 5.26 Å². The standard InChI is InChI=1S/C14H9N5O/c15-9-10-3-1-2-4-11(10)18-14(20)12-5-7-16-13-6-8-17-19(12)13/h1-8H,(H,18,20). The van der Waals surface area contributed by atoms with Crippen LogP contribution < -0.4 is 5.32 Å². The maximum absolute atomic E-state index is 12.3. The van der Waals surface area contributed by atoms with E-state index in [-0.39, 0.29) is 5.91 Å². The minimum absolute atomic E-state index is 0.344. The van der Waals surface area contributed by atoms with Crippen LogP contribution in [0.25, 0.3) is 5.65 Å². The summed E-state index contributed by atoms with van der Waals surface area (Å²) in [5, 5.41) is 15.8. The molecule has 20 heavy (non-hydrogen) atoms. The molecule has 0 fully saturated rings. The fraction of sp³-hybridized carbons (Fsp3) is 0. The van der Waals surface area contributed by atoms with Crippen LogP contribution in [0.5, 0.6) is 0 Å². The van der Waals surface area contributed by atoms with E-state index >= 15 is 0 Å². The Morgan fingerprint density at radius 3 is 2.90 bits per heavy atom. The first-order chi connectivity index (χ1) is 9.79. The molecule has 0 unspecified atom stereocenters. The van der Waals surface area contributed by atoms with Crippen molar-refractivity contribution in [3.8, 4) is 6.07 Å². The second-order valence-corrected chi connectivity index (χ2v) is 4.04. The topological polar surface area (TPSA) is 83.1 Å². The third-order valence-electron chi connectivity index (χ3n) is 2.82. The summed E-state index contributed by atoms with van der Waals surface area (Å²) >= 11 is 0. The number of carbonyl (C=O) groups is 1. The molecule has 3 aromatic rings. The van der Waals surface area contributed by atoms with Crippen molar-refractivity contribution in [3.05, 3.63) is 60.0 Å². The first-order valence-corrected chi connectivity index (χ1v) is 5.89. The average Bonchev–Trinajstić information content (AvgIpc) is 2.96. The van der Waals surface area contributed by atoms with Crippen LogP contribution >= 0.6 is 0 Å². The van der Waals surface area contributed by atoms with Gasteiger partial charge in [-0.15, -0.1) is 0 Å². The summed E-state index contributed by atoms with van der Waals surface area (Å²) in [6.07, 6.45) is 3.12. The molecule has 2 aromatic heterocycles. The number of para-hydroxylation sites is 1.